The van der Waals surface area contributed by atoms with Crippen molar-refractivity contribution in [2.45, 2.75) is 51.4 Å². The Balaban J connectivity index is 1.80. The lowest BCUT2D eigenvalue weighted by atomic mass is 9.77. The van der Waals surface area contributed by atoms with Crippen LogP contribution in [-0.4, -0.2) is 12.6 Å². The van der Waals surface area contributed by atoms with Gasteiger partial charge in [0.2, 0.25) is 0 Å². The van der Waals surface area contributed by atoms with Gasteiger partial charge in [0.1, 0.15) is 0 Å². The van der Waals surface area contributed by atoms with Gasteiger partial charge in [-0.3, -0.25) is 4.79 Å². The average Bonchev–Trinajstić information content (AvgIpc) is 2.49. The van der Waals surface area contributed by atoms with Crippen LogP contribution >= 0.6 is 23.2 Å². The summed E-state index contributed by atoms with van der Waals surface area (Å²) in [4.78, 5) is 11.4. The minimum Gasteiger partial charge on any atom is -0.466 e. The van der Waals surface area contributed by atoms with E-state index < -0.39 is 0 Å². The van der Waals surface area contributed by atoms with Crippen LogP contribution in [0.1, 0.15) is 56.9 Å². The highest BCUT2D eigenvalue weighted by molar-refractivity contribution is 6.42. The summed E-state index contributed by atoms with van der Waals surface area (Å²) in [5.41, 5.74) is 1.29. The van der Waals surface area contributed by atoms with Gasteiger partial charge in [0.15, 0.2) is 0 Å². The number of benzene rings is 1. The molecule has 0 atom stereocenters. The molecule has 1 saturated carbocycles. The van der Waals surface area contributed by atoms with Crippen LogP contribution < -0.4 is 0 Å². The lowest BCUT2D eigenvalue weighted by Gasteiger charge is -2.28. The van der Waals surface area contributed by atoms with Crippen molar-refractivity contribution in [1.29, 1.82) is 0 Å². The molecular formula is C17H22Cl2O2. The van der Waals surface area contributed by atoms with Gasteiger partial charge in [-0.25, -0.2) is 0 Å². The zero-order valence-electron chi connectivity index (χ0n) is 12.4. The summed E-state index contributed by atoms with van der Waals surface area (Å²) in [6, 6.07) is 5.96. The molecule has 1 fully saturated rings. The van der Waals surface area contributed by atoms with Crippen LogP contribution in [0, 0.1) is 5.92 Å². The molecule has 21 heavy (non-hydrogen) atoms. The van der Waals surface area contributed by atoms with Crippen molar-refractivity contribution in [3.05, 3.63) is 33.8 Å². The van der Waals surface area contributed by atoms with Gasteiger partial charge in [0.25, 0.3) is 0 Å². The van der Waals surface area contributed by atoms with E-state index in [9.17, 15) is 4.79 Å². The molecule has 0 spiro atoms. The number of rotatable bonds is 5. The van der Waals surface area contributed by atoms with Crippen LogP contribution in [0.25, 0.3) is 0 Å². The molecule has 1 aliphatic rings. The summed E-state index contributed by atoms with van der Waals surface area (Å²) in [6.07, 6.45) is 6.16. The highest BCUT2D eigenvalue weighted by Crippen LogP contribution is 2.39. The van der Waals surface area contributed by atoms with Gasteiger partial charge in [-0.05, 0) is 68.6 Å². The van der Waals surface area contributed by atoms with Crippen LogP contribution in [0.15, 0.2) is 18.2 Å². The molecule has 0 bridgehead atoms. The highest BCUT2D eigenvalue weighted by atomic mass is 35.5. The molecule has 116 valence electrons. The Morgan fingerprint density at radius 3 is 2.52 bits per heavy atom. The van der Waals surface area contributed by atoms with Crippen LogP contribution in [0.5, 0.6) is 0 Å². The van der Waals surface area contributed by atoms with Gasteiger partial charge >= 0.3 is 5.97 Å². The predicted octanol–water partition coefficient (Wildman–Crippen LogP) is 5.61. The number of hydrogen-bond donors (Lipinski definition) is 0. The maximum absolute atomic E-state index is 11.4. The lowest BCUT2D eigenvalue weighted by Crippen LogP contribution is -2.15. The monoisotopic (exact) mass is 328 g/mol. The third-order valence-corrected chi connectivity index (χ3v) is 5.06. The molecule has 0 aliphatic heterocycles. The van der Waals surface area contributed by atoms with E-state index in [0.29, 0.717) is 34.9 Å². The Hall–Kier alpha value is -0.730. The van der Waals surface area contributed by atoms with Crippen molar-refractivity contribution in [1.82, 2.24) is 0 Å². The first-order valence-electron chi connectivity index (χ1n) is 7.70. The van der Waals surface area contributed by atoms with Crippen LogP contribution in [0.4, 0.5) is 0 Å². The highest BCUT2D eigenvalue weighted by Gasteiger charge is 2.23. The summed E-state index contributed by atoms with van der Waals surface area (Å²) in [5, 5.41) is 1.25. The smallest absolute Gasteiger partial charge is 0.305 e. The second-order valence-corrected chi connectivity index (χ2v) is 6.55. The van der Waals surface area contributed by atoms with Crippen molar-refractivity contribution in [3.63, 3.8) is 0 Å². The molecular weight excluding hydrogens is 307 g/mol. The van der Waals surface area contributed by atoms with E-state index in [2.05, 4.69) is 6.07 Å². The van der Waals surface area contributed by atoms with Crippen LogP contribution in [0.3, 0.4) is 0 Å². The minimum absolute atomic E-state index is 0.0656. The third-order valence-electron chi connectivity index (χ3n) is 4.32. The fourth-order valence-corrected chi connectivity index (χ4v) is 3.41. The van der Waals surface area contributed by atoms with Gasteiger partial charge in [0, 0.05) is 6.42 Å². The number of carbonyl (C=O) groups is 1. The van der Waals surface area contributed by atoms with Gasteiger partial charge in [-0.15, -0.1) is 0 Å². The minimum atomic E-state index is -0.0656. The molecule has 0 radical (unpaired) electrons. The number of carbonyl (C=O) groups excluding carboxylic acids is 1. The first kappa shape index (κ1) is 16.6. The molecule has 0 heterocycles. The van der Waals surface area contributed by atoms with Crippen LogP contribution in [0.2, 0.25) is 10.0 Å². The molecule has 0 aromatic heterocycles. The summed E-state index contributed by atoms with van der Waals surface area (Å²) in [5.74, 6) is 1.15. The molecule has 4 heteroatoms. The number of hydrogen-bond acceptors (Lipinski definition) is 2. The molecule has 0 amide bonds. The van der Waals surface area contributed by atoms with Crippen molar-refractivity contribution in [3.8, 4) is 0 Å². The Bertz CT molecular complexity index is 480. The summed E-state index contributed by atoms with van der Waals surface area (Å²) in [6.45, 7) is 2.32. The molecule has 0 N–H and O–H groups in total. The summed E-state index contributed by atoms with van der Waals surface area (Å²) in [7, 11) is 0. The van der Waals surface area contributed by atoms with E-state index >= 15 is 0 Å². The van der Waals surface area contributed by atoms with E-state index in [1.165, 1.54) is 18.4 Å². The first-order chi connectivity index (χ1) is 10.1. The summed E-state index contributed by atoms with van der Waals surface area (Å²) >= 11 is 12.1. The predicted molar refractivity (Wildman–Crippen MR) is 87.0 cm³/mol. The normalized spacial score (nSPS) is 22.0. The van der Waals surface area contributed by atoms with Crippen molar-refractivity contribution in [2.75, 3.05) is 6.61 Å². The van der Waals surface area contributed by atoms with Crippen molar-refractivity contribution in [2.24, 2.45) is 5.92 Å². The Morgan fingerprint density at radius 1 is 1.19 bits per heavy atom. The van der Waals surface area contributed by atoms with Crippen molar-refractivity contribution >= 4 is 29.2 Å². The van der Waals surface area contributed by atoms with Gasteiger partial charge in [-0.2, -0.15) is 0 Å². The molecule has 0 unspecified atom stereocenters. The maximum atomic E-state index is 11.4. The van der Waals surface area contributed by atoms with Gasteiger partial charge in [-0.1, -0.05) is 29.3 Å². The summed E-state index contributed by atoms with van der Waals surface area (Å²) < 4.78 is 4.98. The number of ether oxygens (including phenoxy) is 1. The average molecular weight is 329 g/mol. The van der Waals surface area contributed by atoms with E-state index in [4.69, 9.17) is 27.9 Å². The molecule has 1 aromatic rings. The van der Waals surface area contributed by atoms with Crippen LogP contribution in [-0.2, 0) is 9.53 Å². The standard InChI is InChI=1S/C17H22Cl2O2/c1-2-21-17(20)10-5-12-3-6-13(7-4-12)14-8-9-15(18)16(19)11-14/h8-9,11-13H,2-7,10H2,1H3. The fourth-order valence-electron chi connectivity index (χ4n) is 3.11. The molecule has 1 aliphatic carbocycles. The van der Waals surface area contributed by atoms with E-state index in [1.54, 1.807) is 0 Å². The zero-order chi connectivity index (χ0) is 15.2. The largest absolute Gasteiger partial charge is 0.466 e. The Kier molecular flexibility index (Phi) is 6.38. The molecule has 2 nitrogen and oxygen atoms in total. The fraction of sp³-hybridized carbons (Fsp3) is 0.588. The third kappa shape index (κ3) is 4.89. The Morgan fingerprint density at radius 2 is 1.90 bits per heavy atom. The van der Waals surface area contributed by atoms with E-state index in [-0.39, 0.29) is 5.97 Å². The second kappa shape index (κ2) is 8.05. The molecule has 1 aromatic carbocycles. The zero-order valence-corrected chi connectivity index (χ0v) is 13.9. The van der Waals surface area contributed by atoms with Gasteiger partial charge in [0.05, 0.1) is 16.7 Å². The second-order valence-electron chi connectivity index (χ2n) is 5.73. The lowest BCUT2D eigenvalue weighted by molar-refractivity contribution is -0.143. The molecule has 0 saturated heterocycles. The Labute approximate surface area is 136 Å². The number of halogens is 2. The maximum Gasteiger partial charge on any atom is 0.305 e. The number of esters is 1. The van der Waals surface area contributed by atoms with Gasteiger partial charge < -0.3 is 4.74 Å². The topological polar surface area (TPSA) is 26.3 Å². The SMILES string of the molecule is CCOC(=O)CCC1CCC(c2ccc(Cl)c(Cl)c2)CC1. The quantitative estimate of drug-likeness (QED) is 0.656. The van der Waals surface area contributed by atoms with Crippen molar-refractivity contribution < 1.29 is 9.53 Å². The first-order valence-corrected chi connectivity index (χ1v) is 8.46. The van der Waals surface area contributed by atoms with E-state index in [1.807, 2.05) is 19.1 Å². The van der Waals surface area contributed by atoms with E-state index in [0.717, 1.165) is 19.3 Å². The molecule has 2 rings (SSSR count).